The van der Waals surface area contributed by atoms with E-state index < -0.39 is 5.41 Å². The maximum atomic E-state index is 6.58. The van der Waals surface area contributed by atoms with Gasteiger partial charge in [0.2, 0.25) is 0 Å². The predicted molar refractivity (Wildman–Crippen MR) is 234 cm³/mol. The van der Waals surface area contributed by atoms with Gasteiger partial charge in [-0.3, -0.25) is 0 Å². The Morgan fingerprint density at radius 3 is 2.04 bits per heavy atom. The number of para-hydroxylation sites is 1. The summed E-state index contributed by atoms with van der Waals surface area (Å²) in [5.74, 6) is 2.66. The molecule has 3 heterocycles. The normalized spacial score (nSPS) is 16.4. The van der Waals surface area contributed by atoms with Crippen molar-refractivity contribution >= 4 is 31.6 Å². The number of thiophene rings is 1. The molecular formula is C53H34N2OS. The van der Waals surface area contributed by atoms with Crippen molar-refractivity contribution in [2.75, 3.05) is 0 Å². The number of fused-ring (bicyclic) bond motifs is 12. The van der Waals surface area contributed by atoms with Crippen LogP contribution in [-0.4, -0.2) is 9.97 Å². The van der Waals surface area contributed by atoms with Crippen LogP contribution in [0.1, 0.15) is 29.5 Å². The summed E-state index contributed by atoms with van der Waals surface area (Å²) < 4.78 is 8.89. The molecule has 1 spiro atoms. The van der Waals surface area contributed by atoms with Crippen molar-refractivity contribution in [3.05, 3.63) is 210 Å². The maximum Gasteiger partial charge on any atom is 0.161 e. The molecule has 3 nitrogen and oxygen atoms in total. The molecule has 0 bridgehead atoms. The van der Waals surface area contributed by atoms with E-state index in [0.29, 0.717) is 0 Å². The number of hydrogen-bond donors (Lipinski definition) is 0. The molecule has 0 saturated heterocycles. The SMILES string of the molecule is C1=C2Oc3ccccc3C3(C2=CCC1)c1ccccc1-c1cc(-c2ccc(-c4nc(-c5ccccc5-c5ccccc5)nc5c4sc4ccccc45)cc2)ccc13. The highest BCUT2D eigenvalue weighted by molar-refractivity contribution is 7.26. The van der Waals surface area contributed by atoms with E-state index in [1.165, 1.54) is 49.2 Å². The van der Waals surface area contributed by atoms with Gasteiger partial charge in [-0.2, -0.15) is 0 Å². The number of nitrogens with zero attached hydrogens (tertiary/aromatic N) is 2. The van der Waals surface area contributed by atoms with Gasteiger partial charge in [0, 0.05) is 32.3 Å². The Balaban J connectivity index is 0.999. The molecule has 0 amide bonds. The van der Waals surface area contributed by atoms with Gasteiger partial charge >= 0.3 is 0 Å². The van der Waals surface area contributed by atoms with Crippen LogP contribution in [-0.2, 0) is 5.41 Å². The molecule has 3 aliphatic rings. The molecule has 268 valence electrons. The molecule has 0 radical (unpaired) electrons. The minimum absolute atomic E-state index is 0.422. The second-order valence-corrected chi connectivity index (χ2v) is 16.1. The maximum absolute atomic E-state index is 6.58. The van der Waals surface area contributed by atoms with Crippen LogP contribution in [0.25, 0.3) is 76.3 Å². The molecule has 0 N–H and O–H groups in total. The van der Waals surface area contributed by atoms with Gasteiger partial charge in [0.05, 0.1) is 21.3 Å². The van der Waals surface area contributed by atoms with E-state index in [-0.39, 0.29) is 0 Å². The predicted octanol–water partition coefficient (Wildman–Crippen LogP) is 13.8. The molecule has 12 rings (SSSR count). The van der Waals surface area contributed by atoms with E-state index in [0.717, 1.165) is 73.7 Å². The average molecular weight is 747 g/mol. The minimum atomic E-state index is -0.422. The van der Waals surface area contributed by atoms with Gasteiger partial charge in [-0.05, 0) is 81.6 Å². The second kappa shape index (κ2) is 12.6. The molecular weight excluding hydrogens is 713 g/mol. The zero-order valence-electron chi connectivity index (χ0n) is 30.9. The highest BCUT2D eigenvalue weighted by Crippen LogP contribution is 2.62. The van der Waals surface area contributed by atoms with Gasteiger partial charge < -0.3 is 4.74 Å². The molecule has 0 fully saturated rings. The summed E-state index contributed by atoms with van der Waals surface area (Å²) in [4.78, 5) is 10.7. The minimum Gasteiger partial charge on any atom is -0.457 e. The molecule has 1 atom stereocenters. The first-order chi connectivity index (χ1) is 28.3. The molecule has 9 aromatic rings. The quantitative estimate of drug-likeness (QED) is 0.180. The van der Waals surface area contributed by atoms with Crippen molar-refractivity contribution in [2.45, 2.75) is 18.3 Å². The van der Waals surface area contributed by atoms with Crippen molar-refractivity contribution in [3.63, 3.8) is 0 Å². The lowest BCUT2D eigenvalue weighted by molar-refractivity contribution is 0.383. The third-order valence-electron chi connectivity index (χ3n) is 12.0. The standard InChI is InChI=1S/C53H34N2OS/c1-2-14-34(15-3-1)37-16-4-5-18-39(37)52-54-49(51-50(55-52)40-19-7-13-25-48(40)57-51)35-28-26-33(27-29-35)36-30-31-43-41(32-36)38-17-6-8-20-42(38)53(43)44-21-9-11-23-46(44)56-47-24-12-10-22-45(47)53/h1-9,11,13-32H,10,12H2. The summed E-state index contributed by atoms with van der Waals surface area (Å²) >= 11 is 1.77. The molecule has 2 aliphatic carbocycles. The largest absolute Gasteiger partial charge is 0.457 e. The fraction of sp³-hybridized carbons (Fsp3) is 0.0566. The average Bonchev–Trinajstić information content (AvgIpc) is 3.80. The topological polar surface area (TPSA) is 35.0 Å². The molecule has 57 heavy (non-hydrogen) atoms. The smallest absolute Gasteiger partial charge is 0.161 e. The van der Waals surface area contributed by atoms with E-state index in [4.69, 9.17) is 14.7 Å². The Kier molecular flexibility index (Phi) is 7.14. The Bertz CT molecular complexity index is 3160. The number of ether oxygens (including phenoxy) is 1. The zero-order valence-corrected chi connectivity index (χ0v) is 31.8. The third-order valence-corrected chi connectivity index (χ3v) is 13.2. The highest BCUT2D eigenvalue weighted by Gasteiger charge is 2.52. The Hall–Kier alpha value is -6.88. The van der Waals surface area contributed by atoms with Crippen LogP contribution in [0.5, 0.6) is 5.75 Å². The summed E-state index contributed by atoms with van der Waals surface area (Å²) in [5, 5.41) is 1.16. The Morgan fingerprint density at radius 2 is 1.16 bits per heavy atom. The van der Waals surface area contributed by atoms with Gasteiger partial charge in [-0.25, -0.2) is 9.97 Å². The van der Waals surface area contributed by atoms with Crippen LogP contribution in [0, 0.1) is 0 Å². The first-order valence-electron chi connectivity index (χ1n) is 19.6. The van der Waals surface area contributed by atoms with Gasteiger partial charge in [0.1, 0.15) is 11.5 Å². The number of hydrogen-bond acceptors (Lipinski definition) is 4. The van der Waals surface area contributed by atoms with Gasteiger partial charge in [0.15, 0.2) is 5.82 Å². The highest BCUT2D eigenvalue weighted by atomic mass is 32.1. The van der Waals surface area contributed by atoms with Crippen molar-refractivity contribution in [1.29, 1.82) is 0 Å². The first kappa shape index (κ1) is 32.4. The van der Waals surface area contributed by atoms with Crippen LogP contribution < -0.4 is 4.74 Å². The van der Waals surface area contributed by atoms with E-state index in [2.05, 4.69) is 182 Å². The molecule has 4 heteroatoms. The van der Waals surface area contributed by atoms with E-state index in [1.807, 2.05) is 0 Å². The first-order valence-corrected chi connectivity index (χ1v) is 20.5. The van der Waals surface area contributed by atoms with Gasteiger partial charge in [-0.1, -0.05) is 158 Å². The van der Waals surface area contributed by atoms with Gasteiger partial charge in [-0.15, -0.1) is 11.3 Å². The van der Waals surface area contributed by atoms with Crippen LogP contribution in [0.3, 0.4) is 0 Å². The summed E-state index contributed by atoms with van der Waals surface area (Å²) in [6.07, 6.45) is 6.69. The second-order valence-electron chi connectivity index (χ2n) is 15.1. The summed E-state index contributed by atoms with van der Waals surface area (Å²) in [5.41, 5.74) is 15.9. The Labute approximate surface area is 334 Å². The molecule has 1 unspecified atom stereocenters. The number of aromatic nitrogens is 2. The number of rotatable bonds is 4. The third kappa shape index (κ3) is 4.78. The van der Waals surface area contributed by atoms with E-state index in [1.54, 1.807) is 11.3 Å². The zero-order chi connectivity index (χ0) is 37.5. The van der Waals surface area contributed by atoms with Crippen LogP contribution in [0.2, 0.25) is 0 Å². The van der Waals surface area contributed by atoms with Crippen LogP contribution in [0.15, 0.2) is 193 Å². The fourth-order valence-corrected chi connectivity index (χ4v) is 10.7. The monoisotopic (exact) mass is 746 g/mol. The molecule has 0 saturated carbocycles. The lowest BCUT2D eigenvalue weighted by Gasteiger charge is -2.42. The van der Waals surface area contributed by atoms with Gasteiger partial charge in [0.25, 0.3) is 0 Å². The molecule has 7 aromatic carbocycles. The van der Waals surface area contributed by atoms with Crippen molar-refractivity contribution in [3.8, 4) is 61.8 Å². The van der Waals surface area contributed by atoms with Crippen molar-refractivity contribution in [2.24, 2.45) is 0 Å². The van der Waals surface area contributed by atoms with Crippen molar-refractivity contribution < 1.29 is 4.74 Å². The van der Waals surface area contributed by atoms with Crippen LogP contribution in [0.4, 0.5) is 0 Å². The summed E-state index contributed by atoms with van der Waals surface area (Å²) in [7, 11) is 0. The van der Waals surface area contributed by atoms with Crippen LogP contribution >= 0.6 is 11.3 Å². The van der Waals surface area contributed by atoms with Crippen molar-refractivity contribution in [1.82, 2.24) is 9.97 Å². The fourth-order valence-electron chi connectivity index (χ4n) is 9.54. The lowest BCUT2D eigenvalue weighted by Crippen LogP contribution is -2.36. The lowest BCUT2D eigenvalue weighted by atomic mass is 9.64. The summed E-state index contributed by atoms with van der Waals surface area (Å²) in [6.45, 7) is 0. The number of benzene rings is 7. The van der Waals surface area contributed by atoms with E-state index >= 15 is 0 Å². The van der Waals surface area contributed by atoms with E-state index in [9.17, 15) is 0 Å². The molecule has 2 aromatic heterocycles. The summed E-state index contributed by atoms with van der Waals surface area (Å²) in [6, 6.07) is 61.2. The Morgan fingerprint density at radius 1 is 0.491 bits per heavy atom. The molecule has 1 aliphatic heterocycles. The number of allylic oxidation sites excluding steroid dienone is 3.